The molecule has 2 bridgehead atoms. The highest BCUT2D eigenvalue weighted by molar-refractivity contribution is 6.18. The fraction of sp³-hybridized carbons (Fsp3) is 0.544. The molecule has 18 nitrogen and oxygen atoms in total. The molecule has 4 aliphatic rings. The number of halogens is 2. The second-order valence-electron chi connectivity index (χ2n) is 21.9. The number of aliphatic hydroxyl groups is 4. The van der Waals surface area contributed by atoms with Gasteiger partial charge in [-0.15, -0.1) is 23.2 Å². The lowest BCUT2D eigenvalue weighted by atomic mass is 9.44. The van der Waals surface area contributed by atoms with E-state index < -0.39 is 118 Å². The molecule has 1 heterocycles. The minimum atomic E-state index is -2.35. The first-order valence-corrected chi connectivity index (χ1v) is 26.8. The van der Waals surface area contributed by atoms with E-state index in [9.17, 15) is 49.2 Å². The number of nitrogens with zero attached hydrogens (tertiary/aromatic N) is 1. The van der Waals surface area contributed by atoms with Crippen molar-refractivity contribution in [2.45, 2.75) is 147 Å². The standard InChI is InChI=1S/C43H53NO14.C14H19Cl2NO2/c1-22-26(55-37(51)32(48)30(24-15-11-9-12-16-24)44-38(52)58-39(3,4)5)20-43(53)35(56-36(50)25-17-13-10-14-18-25)33-41(8,34(49)31(47)29(22)40(43,6)7)27(46)19-28-42(33,21-54-28)57-23(2)45;15-8-10-17(11-9-16)13-6-4-12(5-7-13)2-1-3-14(18)19/h9-18,26-28,30-33,35,46-48,53H,19-21H2,1-8H3,(H,44,52);4-7H,1-3,8-11H2,(H,18,19)/t26-,27-,28+,30-,31+,32+,33-,35-,41+,42-,43+;/m0./s1. The number of ether oxygens (including phenoxy) is 5. The zero-order valence-electron chi connectivity index (χ0n) is 44.7. The van der Waals surface area contributed by atoms with Crippen LogP contribution in [0, 0.1) is 16.7 Å². The van der Waals surface area contributed by atoms with Gasteiger partial charge in [0.15, 0.2) is 17.5 Å². The smallest absolute Gasteiger partial charge is 0.408 e. The van der Waals surface area contributed by atoms with Gasteiger partial charge in [0.25, 0.3) is 0 Å². The number of ketones is 1. The van der Waals surface area contributed by atoms with Crippen molar-refractivity contribution in [2.24, 2.45) is 16.7 Å². The first-order valence-electron chi connectivity index (χ1n) is 25.7. The fourth-order valence-corrected chi connectivity index (χ4v) is 11.9. The number of anilines is 1. The summed E-state index contributed by atoms with van der Waals surface area (Å²) in [6.45, 7) is 13.3. The molecule has 0 spiro atoms. The van der Waals surface area contributed by atoms with Crippen LogP contribution < -0.4 is 10.2 Å². The number of nitrogens with one attached hydrogen (secondary N) is 1. The van der Waals surface area contributed by atoms with Gasteiger partial charge in [-0.05, 0) is 94.0 Å². The predicted molar refractivity (Wildman–Crippen MR) is 284 cm³/mol. The fourth-order valence-electron chi connectivity index (χ4n) is 11.5. The molecule has 7 rings (SSSR count). The van der Waals surface area contributed by atoms with Gasteiger partial charge in [0, 0.05) is 62.1 Å². The summed E-state index contributed by atoms with van der Waals surface area (Å²) in [6.07, 6.45) is -9.81. The molecule has 6 N–H and O–H groups in total. The molecule has 1 saturated heterocycles. The van der Waals surface area contributed by atoms with Crippen LogP contribution in [0.5, 0.6) is 0 Å². The highest BCUT2D eigenvalue weighted by Gasteiger charge is 2.78. The van der Waals surface area contributed by atoms with Crippen LogP contribution in [0.3, 0.4) is 0 Å². The van der Waals surface area contributed by atoms with E-state index >= 15 is 0 Å². The lowest BCUT2D eigenvalue weighted by Gasteiger charge is -2.67. The zero-order valence-corrected chi connectivity index (χ0v) is 46.2. The van der Waals surface area contributed by atoms with Gasteiger partial charge >= 0.3 is 30.0 Å². The van der Waals surface area contributed by atoms with E-state index in [2.05, 4.69) is 10.2 Å². The molecular formula is C57H72Cl2N2O16. The molecule has 2 saturated carbocycles. The molecule has 1 aliphatic heterocycles. The average molecular weight is 1110 g/mol. The van der Waals surface area contributed by atoms with E-state index in [4.69, 9.17) is 52.0 Å². The van der Waals surface area contributed by atoms with Gasteiger partial charge in [0.1, 0.15) is 35.6 Å². The number of carbonyl (C=O) groups excluding carboxylic acids is 5. The average Bonchev–Trinajstić information content (AvgIpc) is 3.39. The number of rotatable bonds is 17. The van der Waals surface area contributed by atoms with Crippen molar-refractivity contribution in [3.8, 4) is 0 Å². The third-order valence-corrected chi connectivity index (χ3v) is 15.8. The van der Waals surface area contributed by atoms with Gasteiger partial charge in [-0.3, -0.25) is 14.4 Å². The minimum absolute atomic E-state index is 0.0637. The highest BCUT2D eigenvalue weighted by atomic mass is 35.5. The Balaban J connectivity index is 0.000000427. The second-order valence-corrected chi connectivity index (χ2v) is 22.6. The summed E-state index contributed by atoms with van der Waals surface area (Å²) in [6, 6.07) is 22.8. The van der Waals surface area contributed by atoms with E-state index in [0.29, 0.717) is 23.7 Å². The Labute approximate surface area is 458 Å². The summed E-state index contributed by atoms with van der Waals surface area (Å²) in [5.74, 6) is -4.97. The SMILES string of the molecule is CC(=O)O[C@@]12CO[C@@H]1C[C@H](O)[C@@]1(C)C(=O)[C@H](O)C3=C(C)[C@@H](OC(=O)[C@H](O)[C@@H](NC(=O)OC(C)(C)C)c4ccccc4)C[C@@](O)([C@@H](OC(=O)c4ccccc4)[C@H]21)C3(C)C.O=C(O)CCCc1ccc(N(CCCl)CCCl)cc1. The summed E-state index contributed by atoms with van der Waals surface area (Å²) in [4.78, 5) is 81.5. The number of aliphatic carboxylic acids is 1. The number of esters is 3. The van der Waals surface area contributed by atoms with E-state index in [0.717, 1.165) is 37.7 Å². The van der Waals surface area contributed by atoms with E-state index in [-0.39, 0.29) is 36.2 Å². The third-order valence-electron chi connectivity index (χ3n) is 15.4. The van der Waals surface area contributed by atoms with Crippen LogP contribution in [0.1, 0.15) is 109 Å². The normalized spacial score (nSPS) is 27.9. The Hall–Kier alpha value is -5.60. The van der Waals surface area contributed by atoms with E-state index in [1.807, 2.05) is 24.3 Å². The minimum Gasteiger partial charge on any atom is -0.481 e. The number of alkyl halides is 2. The van der Waals surface area contributed by atoms with Crippen molar-refractivity contribution in [3.63, 3.8) is 0 Å². The molecule has 3 fully saturated rings. The van der Waals surface area contributed by atoms with Crippen LogP contribution >= 0.6 is 23.2 Å². The second kappa shape index (κ2) is 24.6. The molecule has 3 aromatic carbocycles. The van der Waals surface area contributed by atoms with Crippen LogP contribution in [0.4, 0.5) is 10.5 Å². The number of alkyl carbamates (subject to hydrolysis) is 1. The Morgan fingerprint density at radius 1 is 0.896 bits per heavy atom. The van der Waals surface area contributed by atoms with Crippen molar-refractivity contribution in [1.82, 2.24) is 5.32 Å². The number of carboxylic acids is 1. The number of carbonyl (C=O) groups is 6. The molecule has 77 heavy (non-hydrogen) atoms. The topological polar surface area (TPSA) is 265 Å². The quantitative estimate of drug-likeness (QED) is 0.0358. The van der Waals surface area contributed by atoms with Gasteiger partial charge in [-0.25, -0.2) is 14.4 Å². The van der Waals surface area contributed by atoms with Gasteiger partial charge in [0.2, 0.25) is 0 Å². The molecule has 0 unspecified atom stereocenters. The van der Waals surface area contributed by atoms with Gasteiger partial charge < -0.3 is 59.4 Å². The zero-order chi connectivity index (χ0) is 56.8. The van der Waals surface area contributed by atoms with E-state index in [1.54, 1.807) is 83.1 Å². The number of Topliss-reactive ketones (excluding diaryl/α,β-unsaturated/α-hetero) is 1. The lowest BCUT2D eigenvalue weighted by molar-refractivity contribution is -0.346. The van der Waals surface area contributed by atoms with Gasteiger partial charge in [-0.1, -0.05) is 74.5 Å². The van der Waals surface area contributed by atoms with Crippen molar-refractivity contribution < 1.29 is 78.0 Å². The first kappa shape index (κ1) is 60.6. The number of aliphatic hydroxyl groups excluding tert-OH is 3. The number of hydrogen-bond donors (Lipinski definition) is 6. The monoisotopic (exact) mass is 1110 g/mol. The van der Waals surface area contributed by atoms with Crippen LogP contribution in [0.2, 0.25) is 0 Å². The Morgan fingerprint density at radius 2 is 1.49 bits per heavy atom. The number of fused-ring (bicyclic) bond motifs is 5. The number of hydrogen-bond acceptors (Lipinski definition) is 16. The molecule has 0 aromatic heterocycles. The number of aryl methyl sites for hydroxylation is 1. The van der Waals surface area contributed by atoms with Gasteiger partial charge in [-0.2, -0.15) is 0 Å². The summed E-state index contributed by atoms with van der Waals surface area (Å²) >= 11 is 11.5. The number of benzene rings is 3. The van der Waals surface area contributed by atoms with Crippen molar-refractivity contribution in [2.75, 3.05) is 36.4 Å². The number of amides is 1. The van der Waals surface area contributed by atoms with E-state index in [1.165, 1.54) is 26.0 Å². The third kappa shape index (κ3) is 12.8. The molecule has 11 atom stereocenters. The first-order chi connectivity index (χ1) is 36.2. The Kier molecular flexibility index (Phi) is 19.4. The molecule has 20 heteroatoms. The molecule has 3 aromatic rings. The lowest BCUT2D eigenvalue weighted by Crippen LogP contribution is -2.81. The van der Waals surface area contributed by atoms with Crippen LogP contribution in [-0.2, 0) is 49.3 Å². The molecule has 3 aliphatic carbocycles. The largest absolute Gasteiger partial charge is 0.481 e. The van der Waals surface area contributed by atoms with Gasteiger partial charge in [0.05, 0.1) is 35.6 Å². The maximum absolute atomic E-state index is 14.9. The molecular weight excluding hydrogens is 1040 g/mol. The van der Waals surface area contributed by atoms with Crippen LogP contribution in [-0.4, -0.2) is 146 Å². The summed E-state index contributed by atoms with van der Waals surface area (Å²) < 4.78 is 29.5. The van der Waals surface area contributed by atoms with Crippen LogP contribution in [0.15, 0.2) is 96.1 Å². The van der Waals surface area contributed by atoms with Crippen molar-refractivity contribution >= 4 is 64.6 Å². The Morgan fingerprint density at radius 3 is 2.03 bits per heavy atom. The molecule has 1 amide bonds. The summed E-state index contributed by atoms with van der Waals surface area (Å²) in [5.41, 5.74) is -5.88. The predicted octanol–water partition coefficient (Wildman–Crippen LogP) is 6.64. The maximum Gasteiger partial charge on any atom is 0.408 e. The number of carboxylic acid groups (broad SMARTS) is 1. The Bertz CT molecular complexity index is 2620. The van der Waals surface area contributed by atoms with Crippen LogP contribution in [0.25, 0.3) is 0 Å². The summed E-state index contributed by atoms with van der Waals surface area (Å²) in [5, 5.41) is 60.2. The van der Waals surface area contributed by atoms with Crippen molar-refractivity contribution in [1.29, 1.82) is 0 Å². The molecule has 420 valence electrons. The molecule has 0 radical (unpaired) electrons. The maximum atomic E-state index is 14.9. The highest BCUT2D eigenvalue weighted by Crippen LogP contribution is 2.64. The van der Waals surface area contributed by atoms with Crippen molar-refractivity contribution in [3.05, 3.63) is 113 Å². The summed E-state index contributed by atoms with van der Waals surface area (Å²) in [7, 11) is 0.